The molecule has 1 fully saturated rings. The van der Waals surface area contributed by atoms with Gasteiger partial charge in [-0.25, -0.2) is 0 Å². The highest BCUT2D eigenvalue weighted by molar-refractivity contribution is 5.93. The highest BCUT2D eigenvalue weighted by Crippen LogP contribution is 2.26. The molecular formula is C14H20N2O. The van der Waals surface area contributed by atoms with Crippen molar-refractivity contribution < 1.29 is 4.79 Å². The molecule has 92 valence electrons. The van der Waals surface area contributed by atoms with Crippen LogP contribution in [0.3, 0.4) is 0 Å². The number of rotatable bonds is 2. The van der Waals surface area contributed by atoms with Gasteiger partial charge in [-0.3, -0.25) is 4.79 Å². The Morgan fingerprint density at radius 3 is 2.53 bits per heavy atom. The molecule has 1 amide bonds. The normalized spacial score (nSPS) is 24.7. The summed E-state index contributed by atoms with van der Waals surface area (Å²) in [6, 6.07) is 7.62. The average Bonchev–Trinajstić information content (AvgIpc) is 2.28. The third kappa shape index (κ3) is 2.78. The van der Waals surface area contributed by atoms with Gasteiger partial charge in [0.1, 0.15) is 0 Å². The van der Waals surface area contributed by atoms with Crippen LogP contribution >= 0.6 is 0 Å². The van der Waals surface area contributed by atoms with E-state index in [0.29, 0.717) is 17.4 Å². The fourth-order valence-corrected chi connectivity index (χ4v) is 2.73. The van der Waals surface area contributed by atoms with E-state index in [1.54, 1.807) is 6.07 Å². The number of hydrogen-bond donors (Lipinski definition) is 1. The van der Waals surface area contributed by atoms with Crippen LogP contribution in [-0.4, -0.2) is 19.0 Å². The van der Waals surface area contributed by atoms with E-state index in [1.165, 1.54) is 6.42 Å². The van der Waals surface area contributed by atoms with Gasteiger partial charge in [-0.2, -0.15) is 0 Å². The Balaban J connectivity index is 2.21. The summed E-state index contributed by atoms with van der Waals surface area (Å²) < 4.78 is 0. The molecule has 1 aromatic carbocycles. The number of nitrogens with two attached hydrogens (primary N) is 1. The van der Waals surface area contributed by atoms with Crippen LogP contribution in [0.4, 0.5) is 5.69 Å². The second-order valence-electron chi connectivity index (χ2n) is 5.27. The summed E-state index contributed by atoms with van der Waals surface area (Å²) in [6.07, 6.45) is 1.28. The molecule has 0 aliphatic carbocycles. The van der Waals surface area contributed by atoms with Crippen molar-refractivity contribution in [3.8, 4) is 0 Å². The standard InChI is InChI=1S/C14H20N2O/c1-10-6-11(2)9-16(8-10)13-5-3-4-12(7-13)14(15)17/h3-5,7,10-11H,6,8-9H2,1-2H3,(H2,15,17). The number of nitrogens with zero attached hydrogens (tertiary/aromatic N) is 1. The number of hydrogen-bond acceptors (Lipinski definition) is 2. The average molecular weight is 232 g/mol. The molecule has 2 atom stereocenters. The highest BCUT2D eigenvalue weighted by Gasteiger charge is 2.22. The fraction of sp³-hybridized carbons (Fsp3) is 0.500. The molecule has 2 N–H and O–H groups in total. The van der Waals surface area contributed by atoms with Gasteiger partial charge in [-0.05, 0) is 36.5 Å². The summed E-state index contributed by atoms with van der Waals surface area (Å²) in [5, 5.41) is 0. The van der Waals surface area contributed by atoms with Crippen LogP contribution in [0.5, 0.6) is 0 Å². The van der Waals surface area contributed by atoms with Gasteiger partial charge in [-0.1, -0.05) is 19.9 Å². The minimum Gasteiger partial charge on any atom is -0.371 e. The number of piperidine rings is 1. The Labute approximate surface area is 103 Å². The van der Waals surface area contributed by atoms with E-state index in [-0.39, 0.29) is 5.91 Å². The Morgan fingerprint density at radius 2 is 1.94 bits per heavy atom. The van der Waals surface area contributed by atoms with Crippen molar-refractivity contribution >= 4 is 11.6 Å². The number of carbonyl (C=O) groups excluding carboxylic acids is 1. The quantitative estimate of drug-likeness (QED) is 0.850. The van der Waals surface area contributed by atoms with Crippen molar-refractivity contribution in [1.29, 1.82) is 0 Å². The molecule has 2 unspecified atom stereocenters. The maximum atomic E-state index is 11.2. The second-order valence-corrected chi connectivity index (χ2v) is 5.27. The van der Waals surface area contributed by atoms with Gasteiger partial charge in [0.25, 0.3) is 0 Å². The zero-order chi connectivity index (χ0) is 12.4. The van der Waals surface area contributed by atoms with E-state index in [4.69, 9.17) is 5.73 Å². The Hall–Kier alpha value is -1.51. The lowest BCUT2D eigenvalue weighted by Crippen LogP contribution is -2.38. The van der Waals surface area contributed by atoms with Crippen LogP contribution in [0.15, 0.2) is 24.3 Å². The minimum absolute atomic E-state index is 0.357. The van der Waals surface area contributed by atoms with Crippen molar-refractivity contribution in [2.24, 2.45) is 17.6 Å². The number of anilines is 1. The van der Waals surface area contributed by atoms with Gasteiger partial charge >= 0.3 is 0 Å². The molecule has 1 aliphatic rings. The fourth-order valence-electron chi connectivity index (χ4n) is 2.73. The molecule has 17 heavy (non-hydrogen) atoms. The molecule has 3 nitrogen and oxygen atoms in total. The Bertz CT molecular complexity index is 406. The van der Waals surface area contributed by atoms with Crippen molar-refractivity contribution in [3.05, 3.63) is 29.8 Å². The number of primary amides is 1. The first-order valence-electron chi connectivity index (χ1n) is 6.21. The maximum Gasteiger partial charge on any atom is 0.248 e. The molecule has 3 heteroatoms. The molecule has 1 saturated heterocycles. The SMILES string of the molecule is CC1CC(C)CN(c2cccc(C(N)=O)c2)C1. The summed E-state index contributed by atoms with van der Waals surface area (Å²) in [5.74, 6) is 1.05. The molecule has 0 bridgehead atoms. The zero-order valence-corrected chi connectivity index (χ0v) is 10.5. The molecule has 1 aromatic rings. The first kappa shape index (κ1) is 12.0. The van der Waals surface area contributed by atoms with Crippen molar-refractivity contribution in [3.63, 3.8) is 0 Å². The minimum atomic E-state index is -0.357. The smallest absolute Gasteiger partial charge is 0.248 e. The van der Waals surface area contributed by atoms with Crippen molar-refractivity contribution in [2.45, 2.75) is 20.3 Å². The molecule has 0 aromatic heterocycles. The van der Waals surface area contributed by atoms with E-state index >= 15 is 0 Å². The topological polar surface area (TPSA) is 46.3 Å². The van der Waals surface area contributed by atoms with Crippen LogP contribution in [0.1, 0.15) is 30.6 Å². The predicted octanol–water partition coefficient (Wildman–Crippen LogP) is 2.27. The summed E-state index contributed by atoms with van der Waals surface area (Å²) in [5.41, 5.74) is 7.01. The summed E-state index contributed by atoms with van der Waals surface area (Å²) >= 11 is 0. The number of amides is 1. The molecule has 1 heterocycles. The second kappa shape index (κ2) is 4.78. The molecule has 2 rings (SSSR count). The summed E-state index contributed by atoms with van der Waals surface area (Å²) in [6.45, 7) is 6.68. The van der Waals surface area contributed by atoms with Gasteiger partial charge in [-0.15, -0.1) is 0 Å². The number of carbonyl (C=O) groups is 1. The van der Waals surface area contributed by atoms with Gasteiger partial charge < -0.3 is 10.6 Å². The number of benzene rings is 1. The monoisotopic (exact) mass is 232 g/mol. The highest BCUT2D eigenvalue weighted by atomic mass is 16.1. The molecule has 0 radical (unpaired) electrons. The third-order valence-electron chi connectivity index (χ3n) is 3.36. The van der Waals surface area contributed by atoms with Crippen LogP contribution in [0.2, 0.25) is 0 Å². The maximum absolute atomic E-state index is 11.2. The first-order valence-corrected chi connectivity index (χ1v) is 6.21. The molecular weight excluding hydrogens is 212 g/mol. The first-order chi connectivity index (χ1) is 8.06. The molecule has 0 spiro atoms. The van der Waals surface area contributed by atoms with E-state index < -0.39 is 0 Å². The van der Waals surface area contributed by atoms with E-state index in [0.717, 1.165) is 18.8 Å². The summed E-state index contributed by atoms with van der Waals surface area (Å²) in [4.78, 5) is 13.5. The van der Waals surface area contributed by atoms with Crippen molar-refractivity contribution in [1.82, 2.24) is 0 Å². The van der Waals surface area contributed by atoms with Gasteiger partial charge in [0.2, 0.25) is 5.91 Å². The third-order valence-corrected chi connectivity index (χ3v) is 3.36. The molecule has 0 saturated carbocycles. The van der Waals surface area contributed by atoms with Gasteiger partial charge in [0, 0.05) is 24.3 Å². The Kier molecular flexibility index (Phi) is 3.36. The molecule has 1 aliphatic heterocycles. The van der Waals surface area contributed by atoms with E-state index in [9.17, 15) is 4.79 Å². The van der Waals surface area contributed by atoms with Crippen LogP contribution in [-0.2, 0) is 0 Å². The van der Waals surface area contributed by atoms with Crippen molar-refractivity contribution in [2.75, 3.05) is 18.0 Å². The van der Waals surface area contributed by atoms with Crippen LogP contribution in [0.25, 0.3) is 0 Å². The Morgan fingerprint density at radius 1 is 1.29 bits per heavy atom. The van der Waals surface area contributed by atoms with E-state index in [2.05, 4.69) is 24.8 Å². The predicted molar refractivity (Wildman–Crippen MR) is 70.1 cm³/mol. The lowest BCUT2D eigenvalue weighted by Gasteiger charge is -2.36. The van der Waals surface area contributed by atoms with Gasteiger partial charge in [0.15, 0.2) is 0 Å². The van der Waals surface area contributed by atoms with Crippen LogP contribution < -0.4 is 10.6 Å². The van der Waals surface area contributed by atoms with Gasteiger partial charge in [0.05, 0.1) is 0 Å². The van der Waals surface area contributed by atoms with E-state index in [1.807, 2.05) is 12.1 Å². The zero-order valence-electron chi connectivity index (χ0n) is 10.5. The van der Waals surface area contributed by atoms with Crippen LogP contribution in [0, 0.1) is 11.8 Å². The lowest BCUT2D eigenvalue weighted by atomic mass is 9.91. The summed E-state index contributed by atoms with van der Waals surface area (Å²) in [7, 11) is 0. The lowest BCUT2D eigenvalue weighted by molar-refractivity contribution is 0.100. The largest absolute Gasteiger partial charge is 0.371 e.